The van der Waals surface area contributed by atoms with Crippen molar-refractivity contribution >= 4 is 40.0 Å². The molecule has 0 unspecified atom stereocenters. The first kappa shape index (κ1) is 19.4. The Morgan fingerprint density at radius 2 is 1.96 bits per heavy atom. The number of hydrogen-bond acceptors (Lipinski definition) is 6. The molecule has 1 atom stereocenters. The van der Waals surface area contributed by atoms with Gasteiger partial charge in [-0.25, -0.2) is 0 Å². The summed E-state index contributed by atoms with van der Waals surface area (Å²) in [5.74, 6) is 0.421. The van der Waals surface area contributed by atoms with Crippen LogP contribution in [0.15, 0.2) is 35.2 Å². The van der Waals surface area contributed by atoms with Gasteiger partial charge in [-0.05, 0) is 25.0 Å². The van der Waals surface area contributed by atoms with Gasteiger partial charge in [0, 0.05) is 23.9 Å². The summed E-state index contributed by atoms with van der Waals surface area (Å²) in [5, 5.41) is 12.5. The molecular weight excluding hydrogens is 392 g/mol. The highest BCUT2D eigenvalue weighted by atomic mass is 32.2. The van der Waals surface area contributed by atoms with Crippen molar-refractivity contribution in [1.29, 1.82) is 0 Å². The van der Waals surface area contributed by atoms with E-state index >= 15 is 0 Å². The number of thioether (sulfide) groups is 1. The topological polar surface area (TPSA) is 75.2 Å². The van der Waals surface area contributed by atoms with Crippen LogP contribution in [-0.2, 0) is 15.3 Å². The van der Waals surface area contributed by atoms with Crippen LogP contribution in [0.3, 0.4) is 0 Å². The van der Waals surface area contributed by atoms with Crippen LogP contribution in [0, 0.1) is 5.92 Å². The standard InChI is InChI=1S/C20H24N4O2S2/c25-18-11-14(12-24(18)15-7-3-1-4-8-15)19(26)21-20-23-22-17(28-20)13-27-16-9-5-2-6-10-16/h2,5-6,9-10,14-15H,1,3-4,7-8,11-13H2,(H,21,23,26)/t14-/m0/s1. The quantitative estimate of drug-likeness (QED) is 0.722. The van der Waals surface area contributed by atoms with Crippen molar-refractivity contribution in [2.45, 2.75) is 55.2 Å². The fourth-order valence-corrected chi connectivity index (χ4v) is 5.53. The number of rotatable bonds is 6. The molecule has 2 aromatic rings. The number of amides is 2. The zero-order valence-electron chi connectivity index (χ0n) is 15.7. The molecule has 2 amide bonds. The van der Waals surface area contributed by atoms with Gasteiger partial charge in [0.05, 0.1) is 11.7 Å². The number of likely N-dealkylation sites (tertiary alicyclic amines) is 1. The van der Waals surface area contributed by atoms with E-state index < -0.39 is 0 Å². The first-order valence-electron chi connectivity index (χ1n) is 9.79. The number of anilines is 1. The van der Waals surface area contributed by atoms with Gasteiger partial charge < -0.3 is 10.2 Å². The van der Waals surface area contributed by atoms with Crippen molar-refractivity contribution in [3.05, 3.63) is 35.3 Å². The number of benzene rings is 1. The van der Waals surface area contributed by atoms with Crippen molar-refractivity contribution in [1.82, 2.24) is 15.1 Å². The summed E-state index contributed by atoms with van der Waals surface area (Å²) < 4.78 is 0. The molecule has 2 aliphatic rings. The molecule has 1 N–H and O–H groups in total. The zero-order chi connectivity index (χ0) is 19.3. The Hall–Kier alpha value is -1.93. The van der Waals surface area contributed by atoms with Crippen LogP contribution in [0.25, 0.3) is 0 Å². The van der Waals surface area contributed by atoms with Gasteiger partial charge in [-0.15, -0.1) is 22.0 Å². The third kappa shape index (κ3) is 4.72. The molecule has 2 heterocycles. The summed E-state index contributed by atoms with van der Waals surface area (Å²) in [4.78, 5) is 28.1. The SMILES string of the molecule is O=C(Nc1nnc(CSc2ccccc2)s1)[C@H]1CC(=O)N(C2CCCCC2)C1. The van der Waals surface area contributed by atoms with E-state index in [1.165, 1.54) is 35.5 Å². The average Bonchev–Trinajstić information content (AvgIpc) is 3.34. The summed E-state index contributed by atoms with van der Waals surface area (Å²) in [6.45, 7) is 0.533. The van der Waals surface area contributed by atoms with E-state index in [0.717, 1.165) is 23.6 Å². The largest absolute Gasteiger partial charge is 0.339 e. The summed E-state index contributed by atoms with van der Waals surface area (Å²) in [5.41, 5.74) is 0. The number of carbonyl (C=O) groups excluding carboxylic acids is 2. The number of nitrogens with one attached hydrogen (secondary N) is 1. The molecule has 28 heavy (non-hydrogen) atoms. The smallest absolute Gasteiger partial charge is 0.231 e. The van der Waals surface area contributed by atoms with Crippen molar-refractivity contribution in [3.63, 3.8) is 0 Å². The summed E-state index contributed by atoms with van der Waals surface area (Å²) in [6.07, 6.45) is 6.06. The van der Waals surface area contributed by atoms with E-state index in [9.17, 15) is 9.59 Å². The predicted octanol–water partition coefficient (Wildman–Crippen LogP) is 3.95. The van der Waals surface area contributed by atoms with Gasteiger partial charge in [-0.1, -0.05) is 48.8 Å². The molecule has 2 fully saturated rings. The molecular formula is C20H24N4O2S2. The van der Waals surface area contributed by atoms with Crippen LogP contribution < -0.4 is 5.32 Å². The fourth-order valence-electron chi connectivity index (χ4n) is 3.88. The average molecular weight is 417 g/mol. The number of hydrogen-bond donors (Lipinski definition) is 1. The third-order valence-electron chi connectivity index (χ3n) is 5.35. The maximum Gasteiger partial charge on any atom is 0.231 e. The Balaban J connectivity index is 1.29. The Kier molecular flexibility index (Phi) is 6.26. The molecule has 1 saturated heterocycles. The van der Waals surface area contributed by atoms with Crippen LogP contribution in [0.1, 0.15) is 43.5 Å². The maximum atomic E-state index is 12.6. The van der Waals surface area contributed by atoms with Gasteiger partial charge in [-0.3, -0.25) is 9.59 Å². The van der Waals surface area contributed by atoms with Crippen LogP contribution >= 0.6 is 23.1 Å². The first-order chi connectivity index (χ1) is 13.7. The van der Waals surface area contributed by atoms with Crippen LogP contribution in [-0.4, -0.2) is 39.5 Å². The molecule has 1 aliphatic carbocycles. The van der Waals surface area contributed by atoms with Gasteiger partial charge in [0.2, 0.25) is 16.9 Å². The van der Waals surface area contributed by atoms with Crippen LogP contribution in [0.2, 0.25) is 0 Å². The Labute approximate surface area is 173 Å². The fraction of sp³-hybridized carbons (Fsp3) is 0.500. The minimum atomic E-state index is -0.291. The highest BCUT2D eigenvalue weighted by molar-refractivity contribution is 7.98. The molecule has 148 valence electrons. The summed E-state index contributed by atoms with van der Waals surface area (Å²) >= 11 is 3.09. The molecule has 0 radical (unpaired) electrons. The second-order valence-corrected chi connectivity index (χ2v) is 9.44. The van der Waals surface area contributed by atoms with E-state index in [1.54, 1.807) is 11.8 Å². The van der Waals surface area contributed by atoms with E-state index in [2.05, 4.69) is 27.6 Å². The molecule has 1 aromatic carbocycles. The van der Waals surface area contributed by atoms with Crippen LogP contribution in [0.5, 0.6) is 0 Å². The second kappa shape index (κ2) is 9.05. The lowest BCUT2D eigenvalue weighted by molar-refractivity contribution is -0.130. The first-order valence-corrected chi connectivity index (χ1v) is 11.6. The van der Waals surface area contributed by atoms with E-state index in [4.69, 9.17) is 0 Å². The van der Waals surface area contributed by atoms with Gasteiger partial charge in [0.1, 0.15) is 5.01 Å². The molecule has 0 bridgehead atoms. The van der Waals surface area contributed by atoms with Crippen molar-refractivity contribution < 1.29 is 9.59 Å². The lowest BCUT2D eigenvalue weighted by atomic mass is 9.94. The van der Waals surface area contributed by atoms with Gasteiger partial charge >= 0.3 is 0 Å². The predicted molar refractivity (Wildman–Crippen MR) is 111 cm³/mol. The zero-order valence-corrected chi connectivity index (χ0v) is 17.3. The molecule has 1 aromatic heterocycles. The molecule has 4 rings (SSSR count). The third-order valence-corrected chi connectivity index (χ3v) is 7.39. The van der Waals surface area contributed by atoms with Gasteiger partial charge in [0.15, 0.2) is 0 Å². The Morgan fingerprint density at radius 1 is 1.18 bits per heavy atom. The normalized spacial score (nSPS) is 20.5. The van der Waals surface area contributed by atoms with E-state index in [0.29, 0.717) is 24.1 Å². The molecule has 1 saturated carbocycles. The number of nitrogens with zero attached hydrogens (tertiary/aromatic N) is 3. The van der Waals surface area contributed by atoms with Crippen LogP contribution in [0.4, 0.5) is 5.13 Å². The van der Waals surface area contributed by atoms with Crippen molar-refractivity contribution in [2.24, 2.45) is 5.92 Å². The highest BCUT2D eigenvalue weighted by Crippen LogP contribution is 2.30. The molecule has 6 nitrogen and oxygen atoms in total. The van der Waals surface area contributed by atoms with E-state index in [1.807, 2.05) is 23.1 Å². The molecule has 0 spiro atoms. The highest BCUT2D eigenvalue weighted by Gasteiger charge is 2.38. The Bertz CT molecular complexity index is 821. The van der Waals surface area contributed by atoms with Crippen molar-refractivity contribution in [2.75, 3.05) is 11.9 Å². The monoisotopic (exact) mass is 416 g/mol. The molecule has 8 heteroatoms. The molecule has 1 aliphatic heterocycles. The van der Waals surface area contributed by atoms with Crippen molar-refractivity contribution in [3.8, 4) is 0 Å². The number of aromatic nitrogens is 2. The van der Waals surface area contributed by atoms with Gasteiger partial charge in [-0.2, -0.15) is 0 Å². The van der Waals surface area contributed by atoms with E-state index in [-0.39, 0.29) is 17.7 Å². The lowest BCUT2D eigenvalue weighted by Gasteiger charge is -2.31. The maximum absolute atomic E-state index is 12.6. The number of carbonyl (C=O) groups is 2. The Morgan fingerprint density at radius 3 is 2.75 bits per heavy atom. The minimum absolute atomic E-state index is 0.115. The minimum Gasteiger partial charge on any atom is -0.339 e. The lowest BCUT2D eigenvalue weighted by Crippen LogP contribution is -2.38. The second-order valence-electron chi connectivity index (χ2n) is 7.33. The summed E-state index contributed by atoms with van der Waals surface area (Å²) in [7, 11) is 0. The van der Waals surface area contributed by atoms with Gasteiger partial charge in [0.25, 0.3) is 0 Å². The summed E-state index contributed by atoms with van der Waals surface area (Å²) in [6, 6.07) is 10.4.